The molecule has 27 heavy (non-hydrogen) atoms. The van der Waals surface area contributed by atoms with E-state index in [2.05, 4.69) is 11.4 Å². The minimum Gasteiger partial charge on any atom is -0.454 e. The van der Waals surface area contributed by atoms with Gasteiger partial charge in [0.2, 0.25) is 11.8 Å². The number of esters is 1. The number of imide groups is 1. The average molecular weight is 375 g/mol. The van der Waals surface area contributed by atoms with E-state index in [9.17, 15) is 24.4 Å². The largest absolute Gasteiger partial charge is 0.454 e. The maximum atomic E-state index is 12.3. The molecule has 8 nitrogen and oxygen atoms in total. The molecule has 146 valence electrons. The monoisotopic (exact) mass is 375 g/mol. The van der Waals surface area contributed by atoms with Crippen molar-refractivity contribution in [2.45, 2.75) is 63.3 Å². The van der Waals surface area contributed by atoms with Gasteiger partial charge >= 0.3 is 5.97 Å². The number of fused-ring (bicyclic) bond motifs is 1. The number of ether oxygens (including phenoxy) is 1. The van der Waals surface area contributed by atoms with E-state index in [1.54, 1.807) is 0 Å². The van der Waals surface area contributed by atoms with Crippen LogP contribution in [-0.4, -0.2) is 47.3 Å². The van der Waals surface area contributed by atoms with Crippen molar-refractivity contribution in [3.63, 3.8) is 0 Å². The zero-order valence-electron chi connectivity index (χ0n) is 15.4. The fraction of sp³-hybridized carbons (Fsp3) is 0.737. The molecule has 8 heteroatoms. The van der Waals surface area contributed by atoms with Crippen LogP contribution in [0.5, 0.6) is 0 Å². The normalized spacial score (nSPS) is 26.9. The molecular weight excluding hydrogens is 350 g/mol. The molecule has 0 bridgehead atoms. The van der Waals surface area contributed by atoms with Gasteiger partial charge in [-0.1, -0.05) is 32.1 Å². The second kappa shape index (κ2) is 8.07. The Hall–Kier alpha value is -2.43. The zero-order valence-corrected chi connectivity index (χ0v) is 15.4. The van der Waals surface area contributed by atoms with Crippen molar-refractivity contribution in [2.75, 3.05) is 13.2 Å². The first-order valence-corrected chi connectivity index (χ1v) is 9.69. The third-order valence-electron chi connectivity index (χ3n) is 5.88. The van der Waals surface area contributed by atoms with Crippen LogP contribution in [0.4, 0.5) is 0 Å². The van der Waals surface area contributed by atoms with Crippen LogP contribution in [-0.2, 0) is 23.9 Å². The van der Waals surface area contributed by atoms with Crippen molar-refractivity contribution in [2.24, 2.45) is 11.8 Å². The Morgan fingerprint density at radius 2 is 1.67 bits per heavy atom. The van der Waals surface area contributed by atoms with Gasteiger partial charge < -0.3 is 10.1 Å². The van der Waals surface area contributed by atoms with Gasteiger partial charge in [0, 0.05) is 0 Å². The molecule has 1 saturated heterocycles. The van der Waals surface area contributed by atoms with Crippen molar-refractivity contribution in [1.82, 2.24) is 10.2 Å². The number of nitrogens with one attached hydrogen (secondary N) is 1. The van der Waals surface area contributed by atoms with Crippen molar-refractivity contribution in [3.8, 4) is 6.07 Å². The summed E-state index contributed by atoms with van der Waals surface area (Å²) in [6.45, 7) is -0.979. The Morgan fingerprint density at radius 3 is 2.22 bits per heavy atom. The lowest BCUT2D eigenvalue weighted by atomic mass is 9.81. The number of amides is 3. The summed E-state index contributed by atoms with van der Waals surface area (Å²) in [6, 6.07) is 2.16. The number of rotatable bonds is 5. The fourth-order valence-electron chi connectivity index (χ4n) is 4.43. The Kier molecular flexibility index (Phi) is 5.78. The molecule has 0 aromatic rings. The second-order valence-corrected chi connectivity index (χ2v) is 7.72. The molecule has 0 aromatic heterocycles. The van der Waals surface area contributed by atoms with Crippen molar-refractivity contribution >= 4 is 23.7 Å². The number of carbonyl (C=O) groups is 4. The predicted octanol–water partition coefficient (Wildman–Crippen LogP) is 1.05. The van der Waals surface area contributed by atoms with E-state index in [0.29, 0.717) is 25.7 Å². The molecule has 0 unspecified atom stereocenters. The third-order valence-corrected chi connectivity index (χ3v) is 5.88. The zero-order chi connectivity index (χ0) is 19.4. The van der Waals surface area contributed by atoms with Gasteiger partial charge in [-0.25, -0.2) is 0 Å². The quantitative estimate of drug-likeness (QED) is 0.567. The summed E-state index contributed by atoms with van der Waals surface area (Å²) in [4.78, 5) is 49.8. The predicted molar refractivity (Wildman–Crippen MR) is 92.7 cm³/mol. The SMILES string of the molecule is N#CC1(NC(=O)COC(=O)CN2C(=O)[C@H]3CCCC[C@@H]3C2=O)CCCCC1. The van der Waals surface area contributed by atoms with Crippen molar-refractivity contribution < 1.29 is 23.9 Å². The molecule has 0 radical (unpaired) electrons. The average Bonchev–Trinajstić information content (AvgIpc) is 2.92. The summed E-state index contributed by atoms with van der Waals surface area (Å²) in [6.07, 6.45) is 7.14. The standard InChI is InChI=1S/C19H25N3O5/c20-12-19(8-4-1-5-9-19)21-15(23)11-27-16(24)10-22-17(25)13-6-2-3-7-14(13)18(22)26/h13-14H,1-11H2,(H,21,23)/t13-,14-/m0/s1. The van der Waals surface area contributed by atoms with Crippen molar-refractivity contribution in [1.29, 1.82) is 5.26 Å². The lowest BCUT2D eigenvalue weighted by molar-refractivity contribution is -0.155. The Labute approximate surface area is 158 Å². The van der Waals surface area contributed by atoms with Crippen LogP contribution in [0.15, 0.2) is 0 Å². The summed E-state index contributed by atoms with van der Waals surface area (Å²) in [5.74, 6) is -2.58. The highest BCUT2D eigenvalue weighted by atomic mass is 16.5. The van der Waals surface area contributed by atoms with Crippen LogP contribution in [0, 0.1) is 23.2 Å². The van der Waals surface area contributed by atoms with Crippen LogP contribution >= 0.6 is 0 Å². The van der Waals surface area contributed by atoms with Gasteiger partial charge in [-0.15, -0.1) is 0 Å². The number of hydrogen-bond acceptors (Lipinski definition) is 6. The summed E-state index contributed by atoms with van der Waals surface area (Å²) >= 11 is 0. The van der Waals surface area contributed by atoms with Crippen LogP contribution in [0.1, 0.15) is 57.8 Å². The number of nitriles is 1. The Balaban J connectivity index is 1.48. The lowest BCUT2D eigenvalue weighted by Crippen LogP contribution is -2.50. The molecule has 3 amide bonds. The molecule has 2 atom stereocenters. The highest BCUT2D eigenvalue weighted by Crippen LogP contribution is 2.37. The molecular formula is C19H25N3O5. The Morgan fingerprint density at radius 1 is 1.07 bits per heavy atom. The molecule has 0 spiro atoms. The molecule has 3 rings (SSSR count). The first-order valence-electron chi connectivity index (χ1n) is 9.69. The molecule has 3 fully saturated rings. The number of hydrogen-bond donors (Lipinski definition) is 1. The minimum absolute atomic E-state index is 0.309. The second-order valence-electron chi connectivity index (χ2n) is 7.72. The highest BCUT2D eigenvalue weighted by Gasteiger charge is 2.48. The van der Waals surface area contributed by atoms with E-state index in [1.165, 1.54) is 0 Å². The van der Waals surface area contributed by atoms with Crippen LogP contribution < -0.4 is 5.32 Å². The van der Waals surface area contributed by atoms with Crippen LogP contribution in [0.3, 0.4) is 0 Å². The van der Waals surface area contributed by atoms with E-state index < -0.39 is 30.6 Å². The van der Waals surface area contributed by atoms with E-state index >= 15 is 0 Å². The number of carbonyl (C=O) groups excluding carboxylic acids is 4. The molecule has 1 aliphatic heterocycles. The molecule has 3 aliphatic rings. The van der Waals surface area contributed by atoms with E-state index in [4.69, 9.17) is 4.74 Å². The maximum absolute atomic E-state index is 12.3. The summed E-state index contributed by atoms with van der Waals surface area (Å²) in [7, 11) is 0. The highest BCUT2D eigenvalue weighted by molar-refractivity contribution is 6.07. The lowest BCUT2D eigenvalue weighted by Gasteiger charge is -2.31. The van der Waals surface area contributed by atoms with Gasteiger partial charge in [-0.05, 0) is 25.7 Å². The molecule has 2 saturated carbocycles. The molecule has 1 heterocycles. The third kappa shape index (κ3) is 4.12. The minimum atomic E-state index is -0.891. The Bertz CT molecular complexity index is 653. The number of nitrogens with zero attached hydrogens (tertiary/aromatic N) is 2. The molecule has 0 aromatic carbocycles. The van der Waals surface area contributed by atoms with E-state index in [1.807, 2.05) is 0 Å². The van der Waals surface area contributed by atoms with Gasteiger partial charge in [-0.2, -0.15) is 5.26 Å². The van der Waals surface area contributed by atoms with E-state index in [0.717, 1.165) is 37.0 Å². The van der Waals surface area contributed by atoms with Gasteiger partial charge in [0.25, 0.3) is 5.91 Å². The number of likely N-dealkylation sites (tertiary alicyclic amines) is 1. The van der Waals surface area contributed by atoms with Gasteiger partial charge in [-0.3, -0.25) is 24.1 Å². The molecule has 2 aliphatic carbocycles. The maximum Gasteiger partial charge on any atom is 0.326 e. The summed E-state index contributed by atoms with van der Waals surface area (Å²) < 4.78 is 4.94. The van der Waals surface area contributed by atoms with Crippen molar-refractivity contribution in [3.05, 3.63) is 0 Å². The van der Waals surface area contributed by atoms with E-state index in [-0.39, 0.29) is 23.7 Å². The van der Waals surface area contributed by atoms with Gasteiger partial charge in [0.15, 0.2) is 6.61 Å². The topological polar surface area (TPSA) is 117 Å². The molecule has 1 N–H and O–H groups in total. The summed E-state index contributed by atoms with van der Waals surface area (Å²) in [5, 5.41) is 12.0. The van der Waals surface area contributed by atoms with Crippen LogP contribution in [0.2, 0.25) is 0 Å². The van der Waals surface area contributed by atoms with Gasteiger partial charge in [0.1, 0.15) is 12.1 Å². The van der Waals surface area contributed by atoms with Crippen LogP contribution in [0.25, 0.3) is 0 Å². The fourth-order valence-corrected chi connectivity index (χ4v) is 4.43. The first kappa shape index (κ1) is 19.3. The smallest absolute Gasteiger partial charge is 0.326 e. The summed E-state index contributed by atoms with van der Waals surface area (Å²) in [5.41, 5.74) is -0.891. The first-order chi connectivity index (χ1) is 13.0. The van der Waals surface area contributed by atoms with Gasteiger partial charge in [0.05, 0.1) is 17.9 Å².